The largest absolute Gasteiger partial charge is 0.302 e. The van der Waals surface area contributed by atoms with Gasteiger partial charge in [-0.05, 0) is 30.2 Å². The maximum absolute atomic E-state index is 3.63. The van der Waals surface area contributed by atoms with Gasteiger partial charge in [0.15, 0.2) is 0 Å². The highest BCUT2D eigenvalue weighted by Gasteiger charge is 2.30. The molecule has 1 nitrogen and oxygen atoms in total. The second-order valence-corrected chi connectivity index (χ2v) is 6.46. The molecule has 0 aromatic heterocycles. The molecule has 0 N–H and O–H groups in total. The van der Waals surface area contributed by atoms with Gasteiger partial charge in [-0.1, -0.05) is 43.6 Å². The molecular weight excluding hydrogens is 238 g/mol. The third-order valence-electron chi connectivity index (χ3n) is 3.39. The van der Waals surface area contributed by atoms with Gasteiger partial charge in [0.05, 0.1) is 0 Å². The van der Waals surface area contributed by atoms with Gasteiger partial charge in [-0.3, -0.25) is 0 Å². The highest BCUT2D eigenvalue weighted by Crippen LogP contribution is 2.30. The second kappa shape index (κ2) is 4.98. The molecule has 84 valence electrons. The smallest absolute Gasteiger partial charge is 0.00743 e. The maximum atomic E-state index is 3.63. The lowest BCUT2D eigenvalue weighted by molar-refractivity contribution is 0.232. The van der Waals surface area contributed by atoms with Crippen LogP contribution in [-0.4, -0.2) is 29.9 Å². The molecule has 0 aromatic rings. The van der Waals surface area contributed by atoms with E-state index in [1.54, 1.807) is 0 Å². The maximum Gasteiger partial charge on any atom is 0.00743 e. The summed E-state index contributed by atoms with van der Waals surface area (Å²) in [4.78, 5) is 2.63. The van der Waals surface area contributed by atoms with Crippen molar-refractivity contribution in [1.82, 2.24) is 4.90 Å². The summed E-state index contributed by atoms with van der Waals surface area (Å²) < 4.78 is 0. The Morgan fingerprint density at radius 2 is 2.00 bits per heavy atom. The van der Waals surface area contributed by atoms with Crippen molar-refractivity contribution in [2.45, 2.75) is 34.1 Å². The van der Waals surface area contributed by atoms with Crippen LogP contribution in [0, 0.1) is 17.3 Å². The first kappa shape index (κ1) is 12.5. The van der Waals surface area contributed by atoms with Gasteiger partial charge in [0.25, 0.3) is 0 Å². The zero-order valence-corrected chi connectivity index (χ0v) is 11.6. The van der Waals surface area contributed by atoms with Crippen molar-refractivity contribution in [1.29, 1.82) is 0 Å². The predicted octanol–water partition coefficient (Wildman–Crippen LogP) is 3.39. The van der Waals surface area contributed by atoms with Gasteiger partial charge < -0.3 is 4.90 Å². The normalized spacial score (nSPS) is 24.4. The summed E-state index contributed by atoms with van der Waals surface area (Å²) in [6, 6.07) is 0. The molecule has 1 aliphatic heterocycles. The van der Waals surface area contributed by atoms with Gasteiger partial charge in [-0.15, -0.1) is 0 Å². The molecule has 1 aliphatic rings. The molecule has 0 saturated carbocycles. The molecule has 1 unspecified atom stereocenters. The van der Waals surface area contributed by atoms with Crippen molar-refractivity contribution in [3.05, 3.63) is 0 Å². The van der Waals surface area contributed by atoms with Crippen molar-refractivity contribution in [2.75, 3.05) is 25.0 Å². The van der Waals surface area contributed by atoms with Crippen molar-refractivity contribution in [3.8, 4) is 0 Å². The SMILES string of the molecule is CC(C)C(CBr)CN1CCC(C)(C)C1. The molecule has 14 heavy (non-hydrogen) atoms. The topological polar surface area (TPSA) is 3.24 Å². The van der Waals surface area contributed by atoms with E-state index < -0.39 is 0 Å². The van der Waals surface area contributed by atoms with Crippen LogP contribution in [0.25, 0.3) is 0 Å². The summed E-state index contributed by atoms with van der Waals surface area (Å²) in [6.45, 7) is 13.3. The van der Waals surface area contributed by atoms with E-state index in [1.807, 2.05) is 0 Å². The van der Waals surface area contributed by atoms with E-state index in [-0.39, 0.29) is 0 Å². The fourth-order valence-corrected chi connectivity index (χ4v) is 3.10. The molecule has 1 atom stereocenters. The molecular formula is C12H24BrN. The number of likely N-dealkylation sites (tertiary alicyclic amines) is 1. The van der Waals surface area contributed by atoms with E-state index in [1.165, 1.54) is 26.1 Å². The van der Waals surface area contributed by atoms with Crippen LogP contribution in [0.2, 0.25) is 0 Å². The van der Waals surface area contributed by atoms with Crippen LogP contribution in [0.15, 0.2) is 0 Å². The predicted molar refractivity (Wildman–Crippen MR) is 67.0 cm³/mol. The first-order chi connectivity index (χ1) is 6.44. The molecule has 0 aliphatic carbocycles. The number of halogens is 1. The number of nitrogens with zero attached hydrogens (tertiary/aromatic N) is 1. The highest BCUT2D eigenvalue weighted by atomic mass is 79.9. The van der Waals surface area contributed by atoms with E-state index in [0.29, 0.717) is 5.41 Å². The number of alkyl halides is 1. The lowest BCUT2D eigenvalue weighted by Gasteiger charge is -2.26. The summed E-state index contributed by atoms with van der Waals surface area (Å²) >= 11 is 3.63. The van der Waals surface area contributed by atoms with Gasteiger partial charge in [-0.25, -0.2) is 0 Å². The zero-order chi connectivity index (χ0) is 10.8. The van der Waals surface area contributed by atoms with Crippen LogP contribution in [0.1, 0.15) is 34.1 Å². The summed E-state index contributed by atoms with van der Waals surface area (Å²) in [6.07, 6.45) is 1.36. The molecule has 0 bridgehead atoms. The Hall–Kier alpha value is 0.440. The van der Waals surface area contributed by atoms with Crippen LogP contribution in [0.4, 0.5) is 0 Å². The Balaban J connectivity index is 2.38. The Morgan fingerprint density at radius 3 is 2.36 bits per heavy atom. The number of hydrogen-bond donors (Lipinski definition) is 0. The third-order valence-corrected chi connectivity index (χ3v) is 4.22. The minimum absolute atomic E-state index is 0.549. The van der Waals surface area contributed by atoms with Crippen molar-refractivity contribution in [3.63, 3.8) is 0 Å². The van der Waals surface area contributed by atoms with E-state index in [2.05, 4.69) is 48.5 Å². The minimum atomic E-state index is 0.549. The van der Waals surface area contributed by atoms with Crippen LogP contribution in [0.5, 0.6) is 0 Å². The van der Waals surface area contributed by atoms with Crippen molar-refractivity contribution in [2.24, 2.45) is 17.3 Å². The molecule has 1 fully saturated rings. The van der Waals surface area contributed by atoms with E-state index >= 15 is 0 Å². The molecule has 0 amide bonds. The fourth-order valence-electron chi connectivity index (χ4n) is 2.15. The Bertz CT molecular complexity index is 177. The van der Waals surface area contributed by atoms with Crippen LogP contribution in [-0.2, 0) is 0 Å². The summed E-state index contributed by atoms with van der Waals surface area (Å²) in [5, 5.41) is 1.14. The number of hydrogen-bond acceptors (Lipinski definition) is 1. The van der Waals surface area contributed by atoms with E-state index in [9.17, 15) is 0 Å². The monoisotopic (exact) mass is 261 g/mol. The highest BCUT2D eigenvalue weighted by molar-refractivity contribution is 9.09. The lowest BCUT2D eigenvalue weighted by atomic mass is 9.93. The molecule has 2 heteroatoms. The van der Waals surface area contributed by atoms with Gasteiger partial charge in [0.1, 0.15) is 0 Å². The molecule has 0 radical (unpaired) electrons. The molecule has 0 aromatic carbocycles. The van der Waals surface area contributed by atoms with E-state index in [0.717, 1.165) is 17.2 Å². The zero-order valence-electron chi connectivity index (χ0n) is 10.0. The molecule has 0 spiro atoms. The average molecular weight is 262 g/mol. The van der Waals surface area contributed by atoms with Gasteiger partial charge in [-0.2, -0.15) is 0 Å². The third kappa shape index (κ3) is 3.54. The van der Waals surface area contributed by atoms with Crippen LogP contribution < -0.4 is 0 Å². The molecule has 1 saturated heterocycles. The van der Waals surface area contributed by atoms with Crippen molar-refractivity contribution < 1.29 is 0 Å². The summed E-state index contributed by atoms with van der Waals surface area (Å²) in [5.41, 5.74) is 0.549. The Labute approximate surface area is 97.4 Å². The van der Waals surface area contributed by atoms with Gasteiger partial charge in [0.2, 0.25) is 0 Å². The summed E-state index contributed by atoms with van der Waals surface area (Å²) in [5.74, 6) is 1.60. The Morgan fingerprint density at radius 1 is 1.36 bits per heavy atom. The van der Waals surface area contributed by atoms with Gasteiger partial charge in [0, 0.05) is 18.4 Å². The quantitative estimate of drug-likeness (QED) is 0.702. The van der Waals surface area contributed by atoms with E-state index in [4.69, 9.17) is 0 Å². The van der Waals surface area contributed by atoms with Crippen LogP contribution in [0.3, 0.4) is 0 Å². The lowest BCUT2D eigenvalue weighted by Crippen LogP contribution is -2.32. The first-order valence-electron chi connectivity index (χ1n) is 5.73. The fraction of sp³-hybridized carbons (Fsp3) is 1.00. The Kier molecular flexibility index (Phi) is 4.45. The minimum Gasteiger partial charge on any atom is -0.302 e. The van der Waals surface area contributed by atoms with Crippen LogP contribution >= 0.6 is 15.9 Å². The first-order valence-corrected chi connectivity index (χ1v) is 6.85. The number of rotatable bonds is 4. The molecule has 1 rings (SSSR count). The molecule has 1 heterocycles. The second-order valence-electron chi connectivity index (χ2n) is 5.81. The van der Waals surface area contributed by atoms with Crippen molar-refractivity contribution >= 4 is 15.9 Å². The standard InChI is InChI=1S/C12H24BrN/c1-10(2)11(7-13)8-14-6-5-12(3,4)9-14/h10-11H,5-9H2,1-4H3. The van der Waals surface area contributed by atoms with Gasteiger partial charge >= 0.3 is 0 Å². The average Bonchev–Trinajstić information content (AvgIpc) is 2.41. The summed E-state index contributed by atoms with van der Waals surface area (Å²) in [7, 11) is 0.